The van der Waals surface area contributed by atoms with Crippen molar-refractivity contribution >= 4 is 22.8 Å². The number of nitrogens with one attached hydrogen (secondary N) is 1. The minimum atomic E-state index is -0.613. The zero-order valence-corrected chi connectivity index (χ0v) is 12.8. The fraction of sp³-hybridized carbons (Fsp3) is 0.375. The fourth-order valence-electron chi connectivity index (χ4n) is 2.03. The number of hydrogen-bond acceptors (Lipinski definition) is 5. The van der Waals surface area contributed by atoms with E-state index in [0.29, 0.717) is 5.56 Å². The van der Waals surface area contributed by atoms with E-state index < -0.39 is 24.1 Å². The molecule has 0 aliphatic carbocycles. The molecule has 0 saturated carbocycles. The predicted molar refractivity (Wildman–Crippen MR) is 80.5 cm³/mol. The van der Waals surface area contributed by atoms with Crippen LogP contribution in [0.25, 0.3) is 10.9 Å². The van der Waals surface area contributed by atoms with Gasteiger partial charge in [0.25, 0.3) is 0 Å². The van der Waals surface area contributed by atoms with Gasteiger partial charge in [-0.15, -0.1) is 0 Å². The molecule has 0 atom stereocenters. The van der Waals surface area contributed by atoms with Crippen LogP contribution in [0.1, 0.15) is 26.3 Å². The fourth-order valence-corrected chi connectivity index (χ4v) is 2.03. The monoisotopic (exact) mass is 305 g/mol. The van der Waals surface area contributed by atoms with E-state index in [1.807, 2.05) is 0 Å². The van der Waals surface area contributed by atoms with Crippen LogP contribution in [0.2, 0.25) is 0 Å². The third-order valence-corrected chi connectivity index (χ3v) is 2.86. The number of aromatic amines is 1. The molecule has 0 unspecified atom stereocenters. The number of benzene rings is 1. The topological polar surface area (TPSA) is 88.6 Å². The average molecular weight is 305 g/mol. The summed E-state index contributed by atoms with van der Waals surface area (Å²) in [6.45, 7) is 4.81. The van der Waals surface area contributed by atoms with Gasteiger partial charge in [-0.25, -0.2) is 4.79 Å². The zero-order chi connectivity index (χ0) is 16.3. The molecule has 2 aromatic rings. The summed E-state index contributed by atoms with van der Waals surface area (Å²) in [5.74, 6) is -0.997. The summed E-state index contributed by atoms with van der Waals surface area (Å²) in [6.07, 6.45) is 1.69. The first-order valence-corrected chi connectivity index (χ1v) is 6.91. The largest absolute Gasteiger partial charge is 0.508 e. The van der Waals surface area contributed by atoms with Crippen molar-refractivity contribution < 1.29 is 24.2 Å². The van der Waals surface area contributed by atoms with Gasteiger partial charge in [0.05, 0.1) is 6.42 Å². The summed E-state index contributed by atoms with van der Waals surface area (Å²) in [7, 11) is 0. The molecule has 0 aliphatic heterocycles. The Kier molecular flexibility index (Phi) is 4.40. The molecule has 22 heavy (non-hydrogen) atoms. The maximum Gasteiger partial charge on any atom is 0.344 e. The van der Waals surface area contributed by atoms with E-state index in [9.17, 15) is 14.7 Å². The highest BCUT2D eigenvalue weighted by Gasteiger charge is 2.18. The van der Waals surface area contributed by atoms with E-state index in [1.54, 1.807) is 45.2 Å². The van der Waals surface area contributed by atoms with Gasteiger partial charge in [-0.1, -0.05) is 0 Å². The summed E-state index contributed by atoms with van der Waals surface area (Å²) in [5, 5.41) is 10.2. The second kappa shape index (κ2) is 6.09. The number of ether oxygens (including phenoxy) is 2. The molecule has 1 aromatic heterocycles. The van der Waals surface area contributed by atoms with Crippen LogP contribution in [0.4, 0.5) is 0 Å². The van der Waals surface area contributed by atoms with Crippen molar-refractivity contribution in [3.05, 3.63) is 30.0 Å². The van der Waals surface area contributed by atoms with Crippen molar-refractivity contribution in [2.75, 3.05) is 6.61 Å². The Bertz CT molecular complexity index is 696. The molecule has 0 bridgehead atoms. The van der Waals surface area contributed by atoms with E-state index in [0.717, 1.165) is 10.9 Å². The first kappa shape index (κ1) is 15.9. The van der Waals surface area contributed by atoms with Crippen LogP contribution >= 0.6 is 0 Å². The van der Waals surface area contributed by atoms with Crippen LogP contribution in [-0.2, 0) is 25.5 Å². The van der Waals surface area contributed by atoms with Gasteiger partial charge in [0.2, 0.25) is 0 Å². The van der Waals surface area contributed by atoms with Gasteiger partial charge >= 0.3 is 11.9 Å². The van der Waals surface area contributed by atoms with Gasteiger partial charge in [-0.2, -0.15) is 0 Å². The standard InChI is InChI=1S/C16H19NO5/c1-16(2,3)22-15(20)9-21-14(19)6-10-8-17-13-5-4-11(18)7-12(10)13/h4-5,7-8,17-18H,6,9H2,1-3H3. The molecule has 0 fully saturated rings. The Morgan fingerprint density at radius 2 is 1.95 bits per heavy atom. The second-order valence-corrected chi connectivity index (χ2v) is 5.97. The third-order valence-electron chi connectivity index (χ3n) is 2.86. The number of aromatic nitrogens is 1. The van der Waals surface area contributed by atoms with Gasteiger partial charge < -0.3 is 19.6 Å². The van der Waals surface area contributed by atoms with E-state index in [-0.39, 0.29) is 12.2 Å². The number of carbonyl (C=O) groups is 2. The molecule has 2 rings (SSSR count). The molecule has 1 aromatic carbocycles. The molecule has 2 N–H and O–H groups in total. The lowest BCUT2D eigenvalue weighted by Gasteiger charge is -2.19. The molecule has 0 radical (unpaired) electrons. The highest BCUT2D eigenvalue weighted by molar-refractivity contribution is 5.88. The molecule has 0 spiro atoms. The lowest BCUT2D eigenvalue weighted by Crippen LogP contribution is -2.27. The third kappa shape index (κ3) is 4.25. The molecule has 6 nitrogen and oxygen atoms in total. The minimum absolute atomic E-state index is 0.00620. The molecule has 0 saturated heterocycles. The molecule has 0 aliphatic rings. The first-order valence-electron chi connectivity index (χ1n) is 6.91. The van der Waals surface area contributed by atoms with Crippen LogP contribution in [0.15, 0.2) is 24.4 Å². The summed E-state index contributed by atoms with van der Waals surface area (Å²) < 4.78 is 9.97. The number of carbonyl (C=O) groups excluding carboxylic acids is 2. The van der Waals surface area contributed by atoms with Gasteiger partial charge in [-0.3, -0.25) is 4.79 Å². The quantitative estimate of drug-likeness (QED) is 0.846. The Morgan fingerprint density at radius 1 is 1.23 bits per heavy atom. The SMILES string of the molecule is CC(C)(C)OC(=O)COC(=O)Cc1c[nH]c2ccc(O)cc12. The number of phenolic OH excluding ortho intramolecular Hbond substituents is 1. The van der Waals surface area contributed by atoms with Gasteiger partial charge in [-0.05, 0) is 44.5 Å². The van der Waals surface area contributed by atoms with E-state index in [1.165, 1.54) is 0 Å². The second-order valence-electron chi connectivity index (χ2n) is 5.97. The van der Waals surface area contributed by atoms with Crippen molar-refractivity contribution in [2.24, 2.45) is 0 Å². The summed E-state index contributed by atoms with van der Waals surface area (Å²) in [5.41, 5.74) is 0.894. The van der Waals surface area contributed by atoms with Crippen molar-refractivity contribution in [2.45, 2.75) is 32.8 Å². The number of hydrogen-bond donors (Lipinski definition) is 2. The number of fused-ring (bicyclic) bond motifs is 1. The Balaban J connectivity index is 1.94. The Hall–Kier alpha value is -2.50. The highest BCUT2D eigenvalue weighted by atomic mass is 16.6. The molecular formula is C16H19NO5. The van der Waals surface area contributed by atoms with Crippen LogP contribution < -0.4 is 0 Å². The minimum Gasteiger partial charge on any atom is -0.508 e. The van der Waals surface area contributed by atoms with Crippen LogP contribution in [0, 0.1) is 0 Å². The number of esters is 2. The molecular weight excluding hydrogens is 286 g/mol. The van der Waals surface area contributed by atoms with Crippen LogP contribution in [-0.4, -0.2) is 34.2 Å². The summed E-state index contributed by atoms with van der Waals surface area (Å²) >= 11 is 0. The average Bonchev–Trinajstić information content (AvgIpc) is 2.77. The Labute approximate surface area is 128 Å². The summed E-state index contributed by atoms with van der Waals surface area (Å²) in [4.78, 5) is 26.3. The van der Waals surface area contributed by atoms with E-state index >= 15 is 0 Å². The molecule has 118 valence electrons. The van der Waals surface area contributed by atoms with E-state index in [2.05, 4.69) is 4.98 Å². The highest BCUT2D eigenvalue weighted by Crippen LogP contribution is 2.23. The number of phenols is 1. The maximum absolute atomic E-state index is 11.8. The van der Waals surface area contributed by atoms with Gasteiger partial charge in [0.1, 0.15) is 11.4 Å². The Morgan fingerprint density at radius 3 is 2.64 bits per heavy atom. The maximum atomic E-state index is 11.8. The van der Waals surface area contributed by atoms with Crippen molar-refractivity contribution in [3.8, 4) is 5.75 Å². The van der Waals surface area contributed by atoms with Gasteiger partial charge in [0.15, 0.2) is 6.61 Å². The zero-order valence-electron chi connectivity index (χ0n) is 12.8. The predicted octanol–water partition coefficient (Wildman–Crippen LogP) is 2.30. The van der Waals surface area contributed by atoms with Crippen molar-refractivity contribution in [1.82, 2.24) is 4.98 Å². The number of H-pyrrole nitrogens is 1. The van der Waals surface area contributed by atoms with Crippen molar-refractivity contribution in [1.29, 1.82) is 0 Å². The van der Waals surface area contributed by atoms with Crippen molar-refractivity contribution in [3.63, 3.8) is 0 Å². The first-order chi connectivity index (χ1) is 10.2. The molecule has 6 heteroatoms. The summed E-state index contributed by atoms with van der Waals surface area (Å²) in [6, 6.07) is 4.85. The lowest BCUT2D eigenvalue weighted by atomic mass is 10.1. The molecule has 1 heterocycles. The lowest BCUT2D eigenvalue weighted by molar-refractivity contribution is -0.166. The van der Waals surface area contributed by atoms with E-state index in [4.69, 9.17) is 9.47 Å². The van der Waals surface area contributed by atoms with Crippen LogP contribution in [0.5, 0.6) is 5.75 Å². The number of aromatic hydroxyl groups is 1. The molecule has 0 amide bonds. The normalized spacial score (nSPS) is 11.4. The number of rotatable bonds is 4. The van der Waals surface area contributed by atoms with Crippen LogP contribution in [0.3, 0.4) is 0 Å². The smallest absolute Gasteiger partial charge is 0.344 e. The van der Waals surface area contributed by atoms with Gasteiger partial charge in [0, 0.05) is 17.1 Å².